The number of pyridine rings is 1. The Hall–Kier alpha value is -5.05. The van der Waals surface area contributed by atoms with E-state index in [1.165, 1.54) is 6.21 Å². The molecule has 9 heteroatoms. The zero-order valence-electron chi connectivity index (χ0n) is 21.5. The fourth-order valence-electron chi connectivity index (χ4n) is 4.34. The molecule has 0 aliphatic rings. The first kappa shape index (κ1) is 24.6. The van der Waals surface area contributed by atoms with Crippen LogP contribution in [0.25, 0.3) is 21.8 Å². The molecule has 9 nitrogen and oxygen atoms in total. The molecule has 2 heterocycles. The van der Waals surface area contributed by atoms with Crippen LogP contribution in [0.5, 0.6) is 17.2 Å². The number of benzene rings is 3. The average molecular weight is 510 g/mol. The molecule has 5 rings (SSSR count). The summed E-state index contributed by atoms with van der Waals surface area (Å²) < 4.78 is 16.2. The van der Waals surface area contributed by atoms with Crippen molar-refractivity contribution in [2.24, 2.45) is 5.10 Å². The van der Waals surface area contributed by atoms with Crippen LogP contribution in [0, 0.1) is 6.92 Å². The zero-order valence-corrected chi connectivity index (χ0v) is 21.5. The quantitative estimate of drug-likeness (QED) is 0.187. The topological polar surface area (TPSA) is 110 Å². The molecule has 38 heavy (non-hydrogen) atoms. The number of carbonyl (C=O) groups is 1. The van der Waals surface area contributed by atoms with Crippen molar-refractivity contribution in [1.82, 2.24) is 15.4 Å². The van der Waals surface area contributed by atoms with Crippen molar-refractivity contribution in [3.63, 3.8) is 0 Å². The predicted octanol–water partition coefficient (Wildman–Crippen LogP) is 5.56. The molecule has 0 unspecified atom stereocenters. The van der Waals surface area contributed by atoms with Crippen LogP contribution in [0.1, 0.15) is 21.7 Å². The Bertz CT molecular complexity index is 1680. The maximum Gasteiger partial charge on any atom is 0.287 e. The van der Waals surface area contributed by atoms with Gasteiger partial charge in [-0.1, -0.05) is 18.2 Å². The van der Waals surface area contributed by atoms with Gasteiger partial charge >= 0.3 is 0 Å². The van der Waals surface area contributed by atoms with Crippen molar-refractivity contribution < 1.29 is 19.0 Å². The van der Waals surface area contributed by atoms with Gasteiger partial charge in [0.25, 0.3) is 5.91 Å². The summed E-state index contributed by atoms with van der Waals surface area (Å²) in [6.45, 7) is 1.95. The van der Waals surface area contributed by atoms with Crippen LogP contribution in [0.4, 0.5) is 11.4 Å². The number of aryl methyl sites for hydroxylation is 1. The highest BCUT2D eigenvalue weighted by Gasteiger charge is 2.12. The van der Waals surface area contributed by atoms with E-state index in [2.05, 4.69) is 25.8 Å². The number of rotatable bonds is 8. The average Bonchev–Trinajstić information content (AvgIpc) is 3.36. The van der Waals surface area contributed by atoms with Gasteiger partial charge in [-0.3, -0.25) is 4.79 Å². The van der Waals surface area contributed by atoms with Gasteiger partial charge in [-0.25, -0.2) is 10.4 Å². The third-order valence-electron chi connectivity index (χ3n) is 6.10. The number of hydrazone groups is 1. The van der Waals surface area contributed by atoms with E-state index in [0.29, 0.717) is 22.8 Å². The first-order valence-electron chi connectivity index (χ1n) is 11.9. The summed E-state index contributed by atoms with van der Waals surface area (Å²) in [6, 6.07) is 20.9. The minimum Gasteiger partial charge on any atom is -0.494 e. The molecule has 0 radical (unpaired) electrons. The van der Waals surface area contributed by atoms with Crippen LogP contribution in [0.3, 0.4) is 0 Å². The molecule has 3 N–H and O–H groups in total. The second kappa shape index (κ2) is 10.5. The number of nitrogens with zero attached hydrogens (tertiary/aromatic N) is 2. The molecule has 0 aliphatic carbocycles. The van der Waals surface area contributed by atoms with E-state index in [4.69, 9.17) is 14.2 Å². The summed E-state index contributed by atoms with van der Waals surface area (Å²) in [5, 5.41) is 9.41. The molecule has 0 spiro atoms. The van der Waals surface area contributed by atoms with E-state index in [1.54, 1.807) is 33.5 Å². The highest BCUT2D eigenvalue weighted by atomic mass is 16.5. The number of methoxy groups -OCH3 is 3. The lowest BCUT2D eigenvalue weighted by molar-refractivity contribution is 0.0951. The van der Waals surface area contributed by atoms with E-state index in [1.807, 2.05) is 61.5 Å². The van der Waals surface area contributed by atoms with Gasteiger partial charge in [-0.2, -0.15) is 5.10 Å². The number of carbonyl (C=O) groups excluding carboxylic acids is 1. The number of para-hydroxylation sites is 2. The summed E-state index contributed by atoms with van der Waals surface area (Å²) in [4.78, 5) is 20.5. The number of hydrogen-bond acceptors (Lipinski definition) is 7. The molecule has 2 aromatic heterocycles. The number of nitrogens with one attached hydrogen (secondary N) is 3. The number of hydrogen-bond donors (Lipinski definition) is 3. The van der Waals surface area contributed by atoms with Gasteiger partial charge in [0, 0.05) is 38.9 Å². The van der Waals surface area contributed by atoms with Crippen LogP contribution in [-0.2, 0) is 0 Å². The van der Waals surface area contributed by atoms with Gasteiger partial charge in [0.05, 0.1) is 27.5 Å². The molecule has 0 atom stereocenters. The van der Waals surface area contributed by atoms with Crippen molar-refractivity contribution in [1.29, 1.82) is 0 Å². The van der Waals surface area contributed by atoms with E-state index >= 15 is 0 Å². The van der Waals surface area contributed by atoms with Crippen molar-refractivity contribution >= 4 is 45.3 Å². The molecule has 0 saturated carbocycles. The van der Waals surface area contributed by atoms with Crippen LogP contribution in [-0.4, -0.2) is 43.4 Å². The maximum absolute atomic E-state index is 12.8. The summed E-state index contributed by atoms with van der Waals surface area (Å²) in [5.74, 6) is 1.47. The highest BCUT2D eigenvalue weighted by Crippen LogP contribution is 2.33. The van der Waals surface area contributed by atoms with Gasteiger partial charge in [0.1, 0.15) is 17.0 Å². The Labute approximate surface area is 219 Å². The molecule has 3 aromatic carbocycles. The maximum atomic E-state index is 12.8. The molecule has 0 saturated heterocycles. The lowest BCUT2D eigenvalue weighted by atomic mass is 10.1. The van der Waals surface area contributed by atoms with Crippen molar-refractivity contribution in [2.45, 2.75) is 6.92 Å². The number of amides is 1. The largest absolute Gasteiger partial charge is 0.494 e. The number of fused-ring (bicyclic) bond motifs is 2. The normalized spacial score (nSPS) is 11.2. The lowest BCUT2D eigenvalue weighted by Crippen LogP contribution is -2.17. The zero-order chi connectivity index (χ0) is 26.6. The molecular weight excluding hydrogens is 482 g/mol. The van der Waals surface area contributed by atoms with Crippen molar-refractivity contribution in [3.8, 4) is 17.2 Å². The summed E-state index contributed by atoms with van der Waals surface area (Å²) in [5.41, 5.74) is 7.92. The highest BCUT2D eigenvalue weighted by molar-refractivity contribution is 6.00. The Morgan fingerprint density at radius 1 is 0.947 bits per heavy atom. The van der Waals surface area contributed by atoms with Gasteiger partial charge in [0.2, 0.25) is 0 Å². The molecule has 0 fully saturated rings. The minimum atomic E-state index is -0.364. The molecule has 0 bridgehead atoms. The Morgan fingerprint density at radius 3 is 2.53 bits per heavy atom. The second-order valence-corrected chi connectivity index (χ2v) is 8.56. The lowest BCUT2D eigenvalue weighted by Gasteiger charge is -2.13. The third kappa shape index (κ3) is 4.81. The van der Waals surface area contributed by atoms with Gasteiger partial charge in [-0.15, -0.1) is 0 Å². The van der Waals surface area contributed by atoms with E-state index in [9.17, 15) is 4.79 Å². The standard InChI is InChI=1S/C29H27N5O4/c1-17-13-23(21-8-6-9-25(36-2)27(21)31-17)32-20-11-12-22-19(14-20)15-24(33-22)29(35)34-30-16-18-7-5-10-26(37-3)28(18)38-4/h5-16,33H,1-4H3,(H,31,32)(H,34,35)/b30-16+. The Balaban J connectivity index is 1.36. The molecule has 1 amide bonds. The minimum absolute atomic E-state index is 0.364. The number of ether oxygens (including phenoxy) is 3. The van der Waals surface area contributed by atoms with Crippen LogP contribution in [0.2, 0.25) is 0 Å². The Morgan fingerprint density at radius 2 is 1.74 bits per heavy atom. The number of aromatic nitrogens is 2. The first-order chi connectivity index (χ1) is 18.5. The fourth-order valence-corrected chi connectivity index (χ4v) is 4.34. The summed E-state index contributed by atoms with van der Waals surface area (Å²) in [7, 11) is 4.76. The Kier molecular flexibility index (Phi) is 6.82. The summed E-state index contributed by atoms with van der Waals surface area (Å²) in [6.07, 6.45) is 1.51. The van der Waals surface area contributed by atoms with Crippen LogP contribution < -0.4 is 25.0 Å². The van der Waals surface area contributed by atoms with E-state index < -0.39 is 0 Å². The first-order valence-corrected chi connectivity index (χ1v) is 11.9. The number of aromatic amines is 1. The summed E-state index contributed by atoms with van der Waals surface area (Å²) >= 11 is 0. The smallest absolute Gasteiger partial charge is 0.287 e. The van der Waals surface area contributed by atoms with Crippen LogP contribution >= 0.6 is 0 Å². The number of anilines is 2. The van der Waals surface area contributed by atoms with Gasteiger partial charge in [-0.05, 0) is 55.5 Å². The monoisotopic (exact) mass is 509 g/mol. The van der Waals surface area contributed by atoms with Crippen LogP contribution in [0.15, 0.2) is 71.8 Å². The number of H-pyrrole nitrogens is 1. The molecular formula is C29H27N5O4. The van der Waals surface area contributed by atoms with Gasteiger partial charge in [0.15, 0.2) is 11.5 Å². The van der Waals surface area contributed by atoms with E-state index in [0.717, 1.165) is 44.6 Å². The van der Waals surface area contributed by atoms with Crippen molar-refractivity contribution in [2.75, 3.05) is 26.6 Å². The van der Waals surface area contributed by atoms with Crippen molar-refractivity contribution in [3.05, 3.63) is 83.7 Å². The van der Waals surface area contributed by atoms with Gasteiger partial charge < -0.3 is 24.5 Å². The second-order valence-electron chi connectivity index (χ2n) is 8.56. The molecule has 192 valence electrons. The fraction of sp³-hybridized carbons (Fsp3) is 0.138. The molecule has 5 aromatic rings. The predicted molar refractivity (Wildman–Crippen MR) is 149 cm³/mol. The molecule has 0 aliphatic heterocycles. The van der Waals surface area contributed by atoms with E-state index in [-0.39, 0.29) is 5.91 Å². The SMILES string of the molecule is COc1cccc(/C=N/NC(=O)c2cc3cc(Nc4cc(C)nc5c(OC)cccc45)ccc3[nH]2)c1OC. The third-order valence-corrected chi connectivity index (χ3v) is 6.10.